The number of ketones is 1. The molecule has 2 aliphatic rings. The van der Waals surface area contributed by atoms with E-state index in [4.69, 9.17) is 23.2 Å². The molecule has 7 heteroatoms. The molecule has 3 N–H and O–H groups in total. The van der Waals surface area contributed by atoms with Gasteiger partial charge in [-0.1, -0.05) is 61.3 Å². The van der Waals surface area contributed by atoms with Gasteiger partial charge in [0.1, 0.15) is 0 Å². The Bertz CT molecular complexity index is 1450. The van der Waals surface area contributed by atoms with Gasteiger partial charge in [0.05, 0.1) is 10.0 Å². The number of benzene rings is 2. The quantitative estimate of drug-likeness (QED) is 0.361. The third-order valence-corrected chi connectivity index (χ3v) is 7.86. The van der Waals surface area contributed by atoms with Crippen LogP contribution < -0.4 is 10.6 Å². The van der Waals surface area contributed by atoms with E-state index in [1.807, 2.05) is 37.4 Å². The smallest absolute Gasteiger partial charge is 0.249 e. The van der Waals surface area contributed by atoms with Crippen molar-refractivity contribution in [2.75, 3.05) is 6.54 Å². The van der Waals surface area contributed by atoms with Crippen LogP contribution in [0.3, 0.4) is 0 Å². The Balaban J connectivity index is 1.46. The SMILES string of the molecule is CC1=C(C(=O)NCCc2c[nH]c3ccccc23)C(c2ccc(Cl)c(Cl)c2)C2=C(CC(C)(C)CC2=O)N1. The maximum Gasteiger partial charge on any atom is 0.249 e. The number of amides is 1. The summed E-state index contributed by atoms with van der Waals surface area (Å²) in [7, 11) is 0. The highest BCUT2D eigenvalue weighted by atomic mass is 35.5. The number of aromatic amines is 1. The normalized spacial score (nSPS) is 19.4. The van der Waals surface area contributed by atoms with Crippen molar-refractivity contribution in [3.63, 3.8) is 0 Å². The largest absolute Gasteiger partial charge is 0.362 e. The minimum Gasteiger partial charge on any atom is -0.362 e. The fraction of sp³-hybridized carbons (Fsp3) is 0.310. The highest BCUT2D eigenvalue weighted by Crippen LogP contribution is 2.47. The van der Waals surface area contributed by atoms with Crippen LogP contribution in [0.4, 0.5) is 0 Å². The molecule has 5 rings (SSSR count). The molecule has 186 valence electrons. The molecule has 1 aromatic heterocycles. The molecule has 36 heavy (non-hydrogen) atoms. The number of carbonyl (C=O) groups excluding carboxylic acids is 2. The summed E-state index contributed by atoms with van der Waals surface area (Å²) in [6.45, 7) is 6.56. The summed E-state index contributed by atoms with van der Waals surface area (Å²) in [5, 5.41) is 8.48. The summed E-state index contributed by atoms with van der Waals surface area (Å²) < 4.78 is 0. The minimum atomic E-state index is -0.507. The Morgan fingerprint density at radius 1 is 1.11 bits per heavy atom. The minimum absolute atomic E-state index is 0.0569. The lowest BCUT2D eigenvalue weighted by Gasteiger charge is -2.39. The van der Waals surface area contributed by atoms with Gasteiger partial charge >= 0.3 is 0 Å². The summed E-state index contributed by atoms with van der Waals surface area (Å²) in [6, 6.07) is 13.5. The van der Waals surface area contributed by atoms with Crippen LogP contribution in [0.1, 0.15) is 50.7 Å². The molecule has 1 aliphatic heterocycles. The van der Waals surface area contributed by atoms with E-state index in [1.165, 1.54) is 0 Å². The van der Waals surface area contributed by atoms with Crippen molar-refractivity contribution in [3.05, 3.63) is 92.4 Å². The number of para-hydroxylation sites is 1. The Morgan fingerprint density at radius 3 is 2.67 bits per heavy atom. The van der Waals surface area contributed by atoms with Gasteiger partial charge in [-0.2, -0.15) is 0 Å². The number of allylic oxidation sites excluding steroid dienone is 3. The van der Waals surface area contributed by atoms with Crippen LogP contribution in [-0.4, -0.2) is 23.2 Å². The molecule has 0 fully saturated rings. The van der Waals surface area contributed by atoms with Gasteiger partial charge in [-0.3, -0.25) is 9.59 Å². The lowest BCUT2D eigenvalue weighted by Crippen LogP contribution is -2.41. The first-order valence-electron chi connectivity index (χ1n) is 12.2. The van der Waals surface area contributed by atoms with Crippen LogP contribution in [0.15, 0.2) is 71.2 Å². The molecule has 1 unspecified atom stereocenters. The van der Waals surface area contributed by atoms with Gasteiger partial charge in [-0.15, -0.1) is 0 Å². The Kier molecular flexibility index (Phi) is 6.48. The fourth-order valence-corrected chi connectivity index (χ4v) is 5.81. The Hall–Kier alpha value is -3.02. The standard InChI is InChI=1S/C29H29Cl2N3O2/c1-16-25(28(36)32-11-10-18-15-33-22-7-5-4-6-19(18)22)26(17-8-9-20(30)21(31)12-17)27-23(34-16)13-29(2,3)14-24(27)35/h4-9,12,15,26,33-34H,10-11,13-14H2,1-3H3,(H,32,36). The van der Waals surface area contributed by atoms with Gasteiger partial charge in [-0.05, 0) is 54.5 Å². The van der Waals surface area contributed by atoms with Gasteiger partial charge in [0, 0.05) is 58.5 Å². The number of halogens is 2. The van der Waals surface area contributed by atoms with E-state index < -0.39 is 5.92 Å². The second kappa shape index (κ2) is 9.45. The van der Waals surface area contributed by atoms with Crippen LogP contribution in [0, 0.1) is 5.41 Å². The highest BCUT2D eigenvalue weighted by Gasteiger charge is 2.42. The number of carbonyl (C=O) groups is 2. The van der Waals surface area contributed by atoms with Crippen LogP contribution in [0.2, 0.25) is 10.0 Å². The number of hydrogen-bond acceptors (Lipinski definition) is 3. The summed E-state index contributed by atoms with van der Waals surface area (Å²) in [5.74, 6) is -0.644. The van der Waals surface area contributed by atoms with Crippen LogP contribution in [-0.2, 0) is 16.0 Å². The average molecular weight is 522 g/mol. The molecule has 0 bridgehead atoms. The highest BCUT2D eigenvalue weighted by molar-refractivity contribution is 6.42. The molecule has 0 radical (unpaired) electrons. The van der Waals surface area contributed by atoms with Gasteiger partial charge in [0.15, 0.2) is 5.78 Å². The van der Waals surface area contributed by atoms with Crippen molar-refractivity contribution in [1.82, 2.24) is 15.6 Å². The molecular formula is C29H29Cl2N3O2. The van der Waals surface area contributed by atoms with E-state index in [0.717, 1.165) is 39.8 Å². The zero-order valence-corrected chi connectivity index (χ0v) is 22.1. The van der Waals surface area contributed by atoms with Crippen molar-refractivity contribution in [3.8, 4) is 0 Å². The maximum absolute atomic E-state index is 13.6. The topological polar surface area (TPSA) is 74.0 Å². The number of hydrogen-bond donors (Lipinski definition) is 3. The second-order valence-corrected chi connectivity index (χ2v) is 11.3. The number of H-pyrrole nitrogens is 1. The van der Waals surface area contributed by atoms with Gasteiger partial charge in [-0.25, -0.2) is 0 Å². The number of Topliss-reactive ketones (excluding diaryl/α,β-unsaturated/α-hetero) is 1. The Labute approximate surface area is 220 Å². The van der Waals surface area contributed by atoms with Gasteiger partial charge < -0.3 is 15.6 Å². The number of aromatic nitrogens is 1. The molecular weight excluding hydrogens is 493 g/mol. The molecule has 2 aromatic carbocycles. The first kappa shape index (κ1) is 24.7. The van der Waals surface area contributed by atoms with E-state index in [-0.39, 0.29) is 17.1 Å². The molecule has 3 aromatic rings. The van der Waals surface area contributed by atoms with Crippen LogP contribution in [0.5, 0.6) is 0 Å². The van der Waals surface area contributed by atoms with Crippen molar-refractivity contribution in [1.29, 1.82) is 0 Å². The van der Waals surface area contributed by atoms with E-state index >= 15 is 0 Å². The molecule has 0 saturated carbocycles. The molecule has 5 nitrogen and oxygen atoms in total. The van der Waals surface area contributed by atoms with E-state index in [1.54, 1.807) is 12.1 Å². The second-order valence-electron chi connectivity index (χ2n) is 10.5. The van der Waals surface area contributed by atoms with Gasteiger partial charge in [0.25, 0.3) is 0 Å². The Morgan fingerprint density at radius 2 is 1.89 bits per heavy atom. The number of fused-ring (bicyclic) bond motifs is 1. The lowest BCUT2D eigenvalue weighted by atomic mass is 9.68. The van der Waals surface area contributed by atoms with Crippen LogP contribution >= 0.6 is 23.2 Å². The number of rotatable bonds is 5. The van der Waals surface area contributed by atoms with Crippen molar-refractivity contribution in [2.24, 2.45) is 5.41 Å². The molecule has 1 aliphatic carbocycles. The summed E-state index contributed by atoms with van der Waals surface area (Å²) in [4.78, 5) is 30.3. The van der Waals surface area contributed by atoms with E-state index in [9.17, 15) is 9.59 Å². The summed E-state index contributed by atoms with van der Waals surface area (Å²) in [5.41, 5.74) is 5.69. The number of dihydropyridines is 1. The van der Waals surface area contributed by atoms with E-state index in [2.05, 4.69) is 35.5 Å². The van der Waals surface area contributed by atoms with Crippen molar-refractivity contribution >= 4 is 45.8 Å². The van der Waals surface area contributed by atoms with Crippen LogP contribution in [0.25, 0.3) is 10.9 Å². The summed E-state index contributed by atoms with van der Waals surface area (Å²) >= 11 is 12.6. The third-order valence-electron chi connectivity index (χ3n) is 7.12. The molecule has 0 spiro atoms. The average Bonchev–Trinajstić information content (AvgIpc) is 3.22. The molecule has 1 amide bonds. The lowest BCUT2D eigenvalue weighted by molar-refractivity contribution is -0.118. The monoisotopic (exact) mass is 521 g/mol. The molecule has 2 heterocycles. The molecule has 1 atom stereocenters. The molecule has 0 saturated heterocycles. The first-order valence-corrected chi connectivity index (χ1v) is 12.9. The first-order chi connectivity index (χ1) is 17.1. The zero-order valence-electron chi connectivity index (χ0n) is 20.6. The van der Waals surface area contributed by atoms with Crippen molar-refractivity contribution < 1.29 is 9.59 Å². The van der Waals surface area contributed by atoms with Gasteiger partial charge in [0.2, 0.25) is 5.91 Å². The number of nitrogens with one attached hydrogen (secondary N) is 3. The fourth-order valence-electron chi connectivity index (χ4n) is 5.51. The predicted octanol–water partition coefficient (Wildman–Crippen LogP) is 6.44. The zero-order chi connectivity index (χ0) is 25.6. The van der Waals surface area contributed by atoms with E-state index in [0.29, 0.717) is 40.6 Å². The third kappa shape index (κ3) is 4.58. The summed E-state index contributed by atoms with van der Waals surface area (Å²) in [6.07, 6.45) is 3.84. The van der Waals surface area contributed by atoms with Crippen molar-refractivity contribution in [2.45, 2.75) is 46.0 Å². The predicted molar refractivity (Wildman–Crippen MR) is 145 cm³/mol. The maximum atomic E-state index is 13.6.